The zero-order chi connectivity index (χ0) is 10.5. The Balaban J connectivity index is 0. The average molecular weight is 189 g/mol. The summed E-state index contributed by atoms with van der Waals surface area (Å²) >= 11 is 0. The maximum atomic E-state index is 10.2. The van der Waals surface area contributed by atoms with Crippen LogP contribution in [0, 0.1) is 0 Å². The van der Waals surface area contributed by atoms with Gasteiger partial charge in [-0.1, -0.05) is 13.3 Å². The Labute approximate surface area is 79.1 Å². The minimum atomic E-state index is -0.197. The highest BCUT2D eigenvalue weighted by atomic mass is 16.2. The van der Waals surface area contributed by atoms with Gasteiger partial charge in [0.2, 0.25) is 12.3 Å². The van der Waals surface area contributed by atoms with Gasteiger partial charge in [-0.25, -0.2) is 0 Å². The predicted molar refractivity (Wildman–Crippen MR) is 52.1 cm³/mol. The minimum absolute atomic E-state index is 0.0556. The van der Waals surface area contributed by atoms with E-state index in [0.717, 1.165) is 6.54 Å². The fourth-order valence-corrected chi connectivity index (χ4v) is 0.427. The molecule has 0 aliphatic rings. The molecule has 0 aromatic rings. The lowest BCUT2D eigenvalue weighted by Crippen LogP contribution is -2.30. The topological polar surface area (TPSA) is 84.2 Å². The lowest BCUT2D eigenvalue weighted by molar-refractivity contribution is -0.121. The van der Waals surface area contributed by atoms with Crippen molar-refractivity contribution < 1.29 is 9.59 Å². The van der Waals surface area contributed by atoms with Crippen molar-refractivity contribution >= 4 is 12.3 Å². The molecule has 13 heavy (non-hydrogen) atoms. The standard InChI is InChI=1S/C4H8N2O2.C4H11N/c1-5-4(8)2-6-3-7;1-2-3-4-5/h3H,2H2,1H3,(H,5,8)(H,6,7);2-5H2,1H3. The van der Waals surface area contributed by atoms with Crippen molar-refractivity contribution in [2.24, 2.45) is 5.73 Å². The van der Waals surface area contributed by atoms with Crippen LogP contribution in [0.2, 0.25) is 0 Å². The van der Waals surface area contributed by atoms with Crippen molar-refractivity contribution in [1.29, 1.82) is 0 Å². The molecule has 5 nitrogen and oxygen atoms in total. The molecule has 0 heterocycles. The first-order valence-electron chi connectivity index (χ1n) is 4.30. The smallest absolute Gasteiger partial charge is 0.239 e. The molecular formula is C8H19N3O2. The Morgan fingerprint density at radius 3 is 2.38 bits per heavy atom. The number of nitrogens with two attached hydrogens (primary N) is 1. The largest absolute Gasteiger partial charge is 0.358 e. The molecule has 0 atom stereocenters. The average Bonchev–Trinajstić information content (AvgIpc) is 2.16. The van der Waals surface area contributed by atoms with E-state index in [1.165, 1.54) is 19.9 Å². The van der Waals surface area contributed by atoms with Gasteiger partial charge in [-0.2, -0.15) is 0 Å². The van der Waals surface area contributed by atoms with Gasteiger partial charge in [0, 0.05) is 7.05 Å². The third-order valence-electron chi connectivity index (χ3n) is 1.18. The molecule has 0 aromatic carbocycles. The summed E-state index contributed by atoms with van der Waals surface area (Å²) in [6.45, 7) is 3.03. The molecule has 0 aliphatic carbocycles. The van der Waals surface area contributed by atoms with Gasteiger partial charge >= 0.3 is 0 Å². The third kappa shape index (κ3) is 18.1. The Hall–Kier alpha value is -1.10. The summed E-state index contributed by atoms with van der Waals surface area (Å²) < 4.78 is 0. The third-order valence-corrected chi connectivity index (χ3v) is 1.18. The van der Waals surface area contributed by atoms with Crippen LogP contribution in [0.1, 0.15) is 19.8 Å². The molecular weight excluding hydrogens is 170 g/mol. The van der Waals surface area contributed by atoms with Gasteiger partial charge in [-0.15, -0.1) is 0 Å². The molecule has 2 amide bonds. The van der Waals surface area contributed by atoms with Crippen LogP contribution in [-0.2, 0) is 9.59 Å². The molecule has 0 unspecified atom stereocenters. The number of hydrogen-bond donors (Lipinski definition) is 3. The first-order chi connectivity index (χ1) is 6.22. The summed E-state index contributed by atoms with van der Waals surface area (Å²) in [5, 5.41) is 4.55. The number of unbranched alkanes of at least 4 members (excludes halogenated alkanes) is 1. The fraction of sp³-hybridized carbons (Fsp3) is 0.750. The molecule has 0 saturated heterocycles. The lowest BCUT2D eigenvalue weighted by atomic mass is 10.3. The highest BCUT2D eigenvalue weighted by molar-refractivity contribution is 5.79. The van der Waals surface area contributed by atoms with Gasteiger partial charge in [-0.3, -0.25) is 9.59 Å². The van der Waals surface area contributed by atoms with Crippen LogP contribution in [-0.4, -0.2) is 32.5 Å². The minimum Gasteiger partial charge on any atom is -0.358 e. The number of likely N-dealkylation sites (N-methyl/N-ethyl adjacent to an activating group) is 1. The van der Waals surface area contributed by atoms with Gasteiger partial charge in [0.25, 0.3) is 0 Å². The summed E-state index contributed by atoms with van der Waals surface area (Å²) in [6, 6.07) is 0. The molecule has 0 rings (SSSR count). The van der Waals surface area contributed by atoms with E-state index in [0.29, 0.717) is 6.41 Å². The second kappa shape index (κ2) is 13.5. The van der Waals surface area contributed by atoms with E-state index in [1.807, 2.05) is 0 Å². The molecule has 78 valence electrons. The van der Waals surface area contributed by atoms with Crippen molar-refractivity contribution in [2.75, 3.05) is 20.1 Å². The van der Waals surface area contributed by atoms with Crippen LogP contribution in [0.25, 0.3) is 0 Å². The molecule has 4 N–H and O–H groups in total. The molecule has 0 aliphatic heterocycles. The Bertz CT molecular complexity index is 127. The molecule has 5 heteroatoms. The molecule has 0 fully saturated rings. The van der Waals surface area contributed by atoms with Crippen LogP contribution in [0.15, 0.2) is 0 Å². The number of amides is 2. The lowest BCUT2D eigenvalue weighted by Gasteiger charge is -1.93. The number of rotatable bonds is 5. The van der Waals surface area contributed by atoms with Crippen LogP contribution in [0.3, 0.4) is 0 Å². The second-order valence-electron chi connectivity index (χ2n) is 2.31. The second-order valence-corrected chi connectivity index (χ2v) is 2.31. The Morgan fingerprint density at radius 2 is 2.15 bits per heavy atom. The number of nitrogens with one attached hydrogen (secondary N) is 2. The Kier molecular flexibility index (Phi) is 15.0. The van der Waals surface area contributed by atoms with E-state index in [-0.39, 0.29) is 12.5 Å². The molecule has 0 bridgehead atoms. The van der Waals surface area contributed by atoms with Gasteiger partial charge < -0.3 is 16.4 Å². The number of carbonyl (C=O) groups is 2. The van der Waals surface area contributed by atoms with E-state index >= 15 is 0 Å². The normalized spacial score (nSPS) is 7.92. The van der Waals surface area contributed by atoms with Crippen LogP contribution < -0.4 is 16.4 Å². The van der Waals surface area contributed by atoms with E-state index < -0.39 is 0 Å². The Morgan fingerprint density at radius 1 is 1.54 bits per heavy atom. The van der Waals surface area contributed by atoms with Gasteiger partial charge in [0.15, 0.2) is 0 Å². The van der Waals surface area contributed by atoms with Gasteiger partial charge in [0.1, 0.15) is 0 Å². The molecule has 0 aromatic heterocycles. The van der Waals surface area contributed by atoms with E-state index in [2.05, 4.69) is 17.6 Å². The summed E-state index contributed by atoms with van der Waals surface area (Å²) in [5.41, 5.74) is 5.14. The van der Waals surface area contributed by atoms with Crippen molar-refractivity contribution in [1.82, 2.24) is 10.6 Å². The molecule has 0 radical (unpaired) electrons. The first-order valence-corrected chi connectivity index (χ1v) is 4.30. The summed E-state index contributed by atoms with van der Waals surface area (Å²) in [7, 11) is 1.51. The summed E-state index contributed by atoms with van der Waals surface area (Å²) in [5.74, 6) is -0.197. The summed E-state index contributed by atoms with van der Waals surface area (Å²) in [4.78, 5) is 19.8. The fourth-order valence-electron chi connectivity index (χ4n) is 0.427. The highest BCUT2D eigenvalue weighted by Crippen LogP contribution is 1.77. The van der Waals surface area contributed by atoms with Gasteiger partial charge in [0.05, 0.1) is 6.54 Å². The maximum absolute atomic E-state index is 10.2. The number of carbonyl (C=O) groups excluding carboxylic acids is 2. The maximum Gasteiger partial charge on any atom is 0.239 e. The monoisotopic (exact) mass is 189 g/mol. The zero-order valence-electron chi connectivity index (χ0n) is 8.30. The summed E-state index contributed by atoms with van der Waals surface area (Å²) in [6.07, 6.45) is 2.87. The van der Waals surface area contributed by atoms with Crippen LogP contribution >= 0.6 is 0 Å². The van der Waals surface area contributed by atoms with E-state index in [9.17, 15) is 9.59 Å². The van der Waals surface area contributed by atoms with Crippen molar-refractivity contribution in [2.45, 2.75) is 19.8 Å². The van der Waals surface area contributed by atoms with E-state index in [4.69, 9.17) is 5.73 Å². The number of hydrogen-bond acceptors (Lipinski definition) is 3. The van der Waals surface area contributed by atoms with Crippen molar-refractivity contribution in [3.63, 3.8) is 0 Å². The zero-order valence-corrected chi connectivity index (χ0v) is 8.30. The van der Waals surface area contributed by atoms with Gasteiger partial charge in [-0.05, 0) is 13.0 Å². The van der Waals surface area contributed by atoms with Crippen LogP contribution in [0.4, 0.5) is 0 Å². The van der Waals surface area contributed by atoms with E-state index in [1.54, 1.807) is 0 Å². The van der Waals surface area contributed by atoms with Crippen LogP contribution in [0.5, 0.6) is 0 Å². The van der Waals surface area contributed by atoms with Crippen molar-refractivity contribution in [3.05, 3.63) is 0 Å². The highest BCUT2D eigenvalue weighted by Gasteiger charge is 1.91. The quantitative estimate of drug-likeness (QED) is 0.496. The van der Waals surface area contributed by atoms with Crippen molar-refractivity contribution in [3.8, 4) is 0 Å². The predicted octanol–water partition coefficient (Wildman–Crippen LogP) is -0.776. The first kappa shape index (κ1) is 14.4. The SMILES string of the molecule is CCCCN.CNC(=O)CNC=O. The molecule has 0 saturated carbocycles. The molecule has 0 spiro atoms.